The van der Waals surface area contributed by atoms with Gasteiger partial charge in [-0.3, -0.25) is 9.59 Å². The van der Waals surface area contributed by atoms with Crippen LogP contribution in [0.3, 0.4) is 0 Å². The SMILES string of the molecule is O=C1[C@H]2C(c3ccccc3)=C(c3ccccc3)[C@H]1[C@]1(c3ccccc3)C=C(c3ccccc3)C(=O)[C@@H]21. The molecule has 3 aliphatic carbocycles. The van der Waals surface area contributed by atoms with Crippen molar-refractivity contribution in [1.82, 2.24) is 0 Å². The Morgan fingerprint density at radius 3 is 1.56 bits per heavy atom. The first kappa shape index (κ1) is 21.0. The fraction of sp³-hybridized carbons (Fsp3) is 0.118. The van der Waals surface area contributed by atoms with Gasteiger partial charge in [0.1, 0.15) is 5.78 Å². The minimum Gasteiger partial charge on any atom is -0.298 e. The molecule has 4 atom stereocenters. The molecule has 3 aliphatic rings. The van der Waals surface area contributed by atoms with Gasteiger partial charge >= 0.3 is 0 Å². The number of Topliss-reactive ketones (excluding diaryl/α,β-unsaturated/α-hetero) is 2. The monoisotopic (exact) mass is 464 g/mol. The van der Waals surface area contributed by atoms with Gasteiger partial charge in [0.15, 0.2) is 5.78 Å². The highest BCUT2D eigenvalue weighted by Gasteiger charge is 2.70. The molecule has 0 aliphatic heterocycles. The molecule has 0 saturated heterocycles. The minimum atomic E-state index is -0.700. The zero-order chi connectivity index (χ0) is 24.3. The largest absolute Gasteiger partial charge is 0.298 e. The van der Waals surface area contributed by atoms with E-state index in [1.165, 1.54) is 0 Å². The number of ketones is 2. The molecule has 36 heavy (non-hydrogen) atoms. The van der Waals surface area contributed by atoms with E-state index in [1.807, 2.05) is 84.9 Å². The summed E-state index contributed by atoms with van der Waals surface area (Å²) in [5, 5.41) is 0. The summed E-state index contributed by atoms with van der Waals surface area (Å²) in [5.74, 6) is -1.10. The molecule has 0 aromatic heterocycles. The number of benzene rings is 4. The predicted molar refractivity (Wildman–Crippen MR) is 143 cm³/mol. The van der Waals surface area contributed by atoms with Gasteiger partial charge in [-0.25, -0.2) is 0 Å². The number of carbonyl (C=O) groups excluding carboxylic acids is 2. The lowest BCUT2D eigenvalue weighted by Gasteiger charge is -2.39. The van der Waals surface area contributed by atoms with Gasteiger partial charge in [-0.1, -0.05) is 127 Å². The van der Waals surface area contributed by atoms with Crippen LogP contribution in [0.2, 0.25) is 0 Å². The summed E-state index contributed by atoms with van der Waals surface area (Å²) in [7, 11) is 0. The topological polar surface area (TPSA) is 34.1 Å². The number of hydrogen-bond acceptors (Lipinski definition) is 2. The Bertz CT molecular complexity index is 1550. The van der Waals surface area contributed by atoms with Gasteiger partial charge in [-0.15, -0.1) is 0 Å². The Morgan fingerprint density at radius 1 is 0.528 bits per heavy atom. The first-order valence-electron chi connectivity index (χ1n) is 12.5. The maximum Gasteiger partial charge on any atom is 0.168 e. The van der Waals surface area contributed by atoms with Gasteiger partial charge in [0.25, 0.3) is 0 Å². The van der Waals surface area contributed by atoms with E-state index in [0.717, 1.165) is 39.0 Å². The number of hydrogen-bond donors (Lipinski definition) is 0. The Kier molecular flexibility index (Phi) is 4.59. The molecule has 172 valence electrons. The highest BCUT2D eigenvalue weighted by atomic mass is 16.1. The minimum absolute atomic E-state index is 0.0754. The maximum absolute atomic E-state index is 14.3. The van der Waals surface area contributed by atoms with E-state index >= 15 is 0 Å². The lowest BCUT2D eigenvalue weighted by Crippen LogP contribution is -2.40. The van der Waals surface area contributed by atoms with Gasteiger partial charge in [0.05, 0.1) is 17.8 Å². The zero-order valence-electron chi connectivity index (χ0n) is 19.7. The van der Waals surface area contributed by atoms with E-state index in [0.29, 0.717) is 0 Å². The molecule has 4 aromatic carbocycles. The summed E-state index contributed by atoms with van der Waals surface area (Å²) in [4.78, 5) is 28.6. The van der Waals surface area contributed by atoms with Crippen molar-refractivity contribution in [3.8, 4) is 0 Å². The summed E-state index contributed by atoms with van der Waals surface area (Å²) in [6.07, 6.45) is 2.14. The molecule has 0 heterocycles. The van der Waals surface area contributed by atoms with Crippen LogP contribution < -0.4 is 0 Å². The zero-order valence-corrected chi connectivity index (χ0v) is 19.7. The average molecular weight is 465 g/mol. The molecule has 0 spiro atoms. The van der Waals surface area contributed by atoms with Crippen LogP contribution in [0.15, 0.2) is 127 Å². The molecule has 0 unspecified atom stereocenters. The second kappa shape index (κ2) is 7.86. The van der Waals surface area contributed by atoms with Crippen LogP contribution in [0.25, 0.3) is 16.7 Å². The van der Waals surface area contributed by atoms with Crippen molar-refractivity contribution < 1.29 is 9.59 Å². The highest BCUT2D eigenvalue weighted by molar-refractivity contribution is 6.32. The number of rotatable bonds is 4. The Hall–Kier alpha value is -4.30. The molecule has 4 aromatic rings. The molecular weight excluding hydrogens is 440 g/mol. The molecule has 0 amide bonds. The molecule has 0 N–H and O–H groups in total. The van der Waals surface area contributed by atoms with E-state index in [1.54, 1.807) is 0 Å². The van der Waals surface area contributed by atoms with Gasteiger partial charge in [0.2, 0.25) is 0 Å². The third-order valence-electron chi connectivity index (χ3n) is 8.27. The van der Waals surface area contributed by atoms with Crippen molar-refractivity contribution in [1.29, 1.82) is 0 Å². The molecule has 1 fully saturated rings. The van der Waals surface area contributed by atoms with Crippen LogP contribution in [0, 0.1) is 17.8 Å². The lowest BCUT2D eigenvalue weighted by atomic mass is 9.61. The van der Waals surface area contributed by atoms with Crippen molar-refractivity contribution >= 4 is 28.3 Å². The maximum atomic E-state index is 14.3. The van der Waals surface area contributed by atoms with Crippen LogP contribution in [-0.4, -0.2) is 11.6 Å². The van der Waals surface area contributed by atoms with E-state index in [-0.39, 0.29) is 11.6 Å². The Balaban J connectivity index is 1.55. The molecule has 1 saturated carbocycles. The van der Waals surface area contributed by atoms with Crippen molar-refractivity contribution in [2.45, 2.75) is 5.41 Å². The second-order valence-corrected chi connectivity index (χ2v) is 9.94. The van der Waals surface area contributed by atoms with Gasteiger partial charge in [-0.2, -0.15) is 0 Å². The van der Waals surface area contributed by atoms with E-state index < -0.39 is 23.2 Å². The van der Waals surface area contributed by atoms with Crippen LogP contribution in [-0.2, 0) is 15.0 Å². The quantitative estimate of drug-likeness (QED) is 0.339. The summed E-state index contributed by atoms with van der Waals surface area (Å²) < 4.78 is 0. The van der Waals surface area contributed by atoms with Crippen molar-refractivity contribution in [3.05, 3.63) is 150 Å². The highest BCUT2D eigenvalue weighted by Crippen LogP contribution is 2.69. The van der Waals surface area contributed by atoms with E-state index in [9.17, 15) is 9.59 Å². The third kappa shape index (κ3) is 2.73. The summed E-state index contributed by atoms with van der Waals surface area (Å²) in [6.45, 7) is 0. The van der Waals surface area contributed by atoms with E-state index in [4.69, 9.17) is 0 Å². The summed E-state index contributed by atoms with van der Waals surface area (Å²) in [6, 6.07) is 40.5. The van der Waals surface area contributed by atoms with Crippen molar-refractivity contribution in [3.63, 3.8) is 0 Å². The van der Waals surface area contributed by atoms with Crippen LogP contribution in [0.4, 0.5) is 0 Å². The van der Waals surface area contributed by atoms with Crippen molar-refractivity contribution in [2.75, 3.05) is 0 Å². The Labute approximate surface area is 210 Å². The fourth-order valence-electron chi connectivity index (χ4n) is 6.96. The summed E-state index contributed by atoms with van der Waals surface area (Å²) in [5.41, 5.74) is 6.15. The molecule has 7 rings (SSSR count). The molecule has 2 nitrogen and oxygen atoms in total. The lowest BCUT2D eigenvalue weighted by molar-refractivity contribution is -0.123. The molecular formula is C34H24O2. The normalized spacial score (nSPS) is 26.3. The van der Waals surface area contributed by atoms with Crippen molar-refractivity contribution in [2.24, 2.45) is 17.8 Å². The first-order chi connectivity index (χ1) is 17.7. The number of carbonyl (C=O) groups is 2. The Morgan fingerprint density at radius 2 is 1.00 bits per heavy atom. The smallest absolute Gasteiger partial charge is 0.168 e. The van der Waals surface area contributed by atoms with Gasteiger partial charge < -0.3 is 0 Å². The van der Waals surface area contributed by atoms with Gasteiger partial charge in [-0.05, 0) is 33.4 Å². The molecule has 0 radical (unpaired) electrons. The van der Waals surface area contributed by atoms with Gasteiger partial charge in [0, 0.05) is 11.0 Å². The summed E-state index contributed by atoms with van der Waals surface area (Å²) >= 11 is 0. The first-order valence-corrected chi connectivity index (χ1v) is 12.5. The fourth-order valence-corrected chi connectivity index (χ4v) is 6.96. The van der Waals surface area contributed by atoms with Crippen LogP contribution in [0.1, 0.15) is 22.3 Å². The molecule has 2 bridgehead atoms. The molecule has 2 heteroatoms. The third-order valence-corrected chi connectivity index (χ3v) is 8.27. The predicted octanol–water partition coefficient (Wildman–Crippen LogP) is 6.65. The van der Waals surface area contributed by atoms with Crippen LogP contribution >= 0.6 is 0 Å². The van der Waals surface area contributed by atoms with E-state index in [2.05, 4.69) is 42.5 Å². The number of allylic oxidation sites excluding steroid dienone is 4. The second-order valence-electron chi connectivity index (χ2n) is 9.94. The average Bonchev–Trinajstić information content (AvgIpc) is 3.52. The van der Waals surface area contributed by atoms with Crippen LogP contribution in [0.5, 0.6) is 0 Å². The number of fused-ring (bicyclic) bond motifs is 5. The standard InChI is InChI=1S/C34H24O2/c35-32-26(22-13-5-1-6-14-22)21-34(25-19-11-4-12-20-25)30-28(24-17-9-3-10-18-24)27(23-15-7-2-8-16-23)29(31(32)34)33(30)36/h1-21,29-31H/t29-,30+,31+,34+/m0/s1.